The van der Waals surface area contributed by atoms with Crippen LogP contribution in [0.25, 0.3) is 0 Å². The average molecular weight is 520 g/mol. The highest BCUT2D eigenvalue weighted by atomic mass is 32.1. The lowest BCUT2D eigenvalue weighted by atomic mass is 9.88. The molecule has 192 valence electrons. The molecule has 9 heteroatoms. The molecule has 37 heavy (non-hydrogen) atoms. The van der Waals surface area contributed by atoms with Crippen LogP contribution in [0, 0.1) is 20.8 Å². The van der Waals surface area contributed by atoms with E-state index >= 15 is 0 Å². The van der Waals surface area contributed by atoms with E-state index in [4.69, 9.17) is 0 Å². The molecular weight excluding hydrogens is 490 g/mol. The van der Waals surface area contributed by atoms with Gasteiger partial charge in [-0.25, -0.2) is 4.79 Å². The number of nitrogens with zero attached hydrogens (tertiary/aromatic N) is 1. The Morgan fingerprint density at radius 1 is 1.05 bits per heavy atom. The first-order valence-corrected chi connectivity index (χ1v) is 12.9. The molecule has 0 radical (unpaired) electrons. The standard InChI is InChI=1S/C28H29N3O5S/c1-16-6-4-7-19(12-16)27(34)31-10-9-21-18(3)24(17(2)13-20(21)15-31)26(33)30-22(28(35)36)14-29-25(32)23-8-5-11-37-23/h4-8,11-13,22H,9-10,14-15H2,1-3H3,(H,29,32)(H,30,33)(H,35,36). The van der Waals surface area contributed by atoms with Gasteiger partial charge in [0.05, 0.1) is 4.88 Å². The molecule has 0 aliphatic carbocycles. The number of nitrogens with one attached hydrogen (secondary N) is 2. The van der Waals surface area contributed by atoms with Crippen LogP contribution in [0.5, 0.6) is 0 Å². The number of rotatable bonds is 7. The first-order valence-electron chi connectivity index (χ1n) is 12.0. The molecule has 1 aromatic heterocycles. The topological polar surface area (TPSA) is 116 Å². The van der Waals surface area contributed by atoms with Crippen molar-refractivity contribution in [3.8, 4) is 0 Å². The number of carboxylic acids is 1. The first kappa shape index (κ1) is 26.1. The van der Waals surface area contributed by atoms with Gasteiger partial charge >= 0.3 is 5.97 Å². The van der Waals surface area contributed by atoms with Gasteiger partial charge in [-0.05, 0) is 73.0 Å². The highest BCUT2D eigenvalue weighted by molar-refractivity contribution is 7.12. The van der Waals surface area contributed by atoms with Crippen LogP contribution in [0.4, 0.5) is 0 Å². The second-order valence-electron chi connectivity index (χ2n) is 9.23. The number of amides is 3. The van der Waals surface area contributed by atoms with E-state index in [1.165, 1.54) is 11.3 Å². The zero-order valence-electron chi connectivity index (χ0n) is 21.0. The molecule has 1 atom stereocenters. The van der Waals surface area contributed by atoms with Crippen LogP contribution in [0.1, 0.15) is 58.2 Å². The van der Waals surface area contributed by atoms with E-state index in [1.807, 2.05) is 49.1 Å². The van der Waals surface area contributed by atoms with E-state index in [0.29, 0.717) is 41.1 Å². The minimum absolute atomic E-state index is 0.0274. The van der Waals surface area contributed by atoms with Crippen LogP contribution in [0.15, 0.2) is 47.8 Å². The Labute approximate surface area is 219 Å². The van der Waals surface area contributed by atoms with Crippen molar-refractivity contribution in [2.24, 2.45) is 0 Å². The van der Waals surface area contributed by atoms with Gasteiger partial charge in [-0.2, -0.15) is 0 Å². The quantitative estimate of drug-likeness (QED) is 0.442. The van der Waals surface area contributed by atoms with Crippen molar-refractivity contribution in [1.29, 1.82) is 0 Å². The number of hydrogen-bond donors (Lipinski definition) is 3. The molecule has 2 heterocycles. The van der Waals surface area contributed by atoms with E-state index in [-0.39, 0.29) is 18.4 Å². The van der Waals surface area contributed by atoms with Crippen molar-refractivity contribution >= 4 is 35.0 Å². The van der Waals surface area contributed by atoms with Crippen LogP contribution in [0.3, 0.4) is 0 Å². The molecule has 0 saturated heterocycles. The SMILES string of the molecule is Cc1cccc(C(=O)N2CCc3c(cc(C)c(C(=O)NC(CNC(=O)c4cccs4)C(=O)O)c3C)C2)c1. The fourth-order valence-electron chi connectivity index (χ4n) is 4.73. The second kappa shape index (κ2) is 11.0. The number of hydrogen-bond acceptors (Lipinski definition) is 5. The number of thiophene rings is 1. The zero-order chi connectivity index (χ0) is 26.7. The molecule has 4 rings (SSSR count). The summed E-state index contributed by atoms with van der Waals surface area (Å²) in [6, 6.07) is 11.5. The van der Waals surface area contributed by atoms with Gasteiger partial charge in [0, 0.05) is 30.8 Å². The van der Waals surface area contributed by atoms with Crippen molar-refractivity contribution in [2.75, 3.05) is 13.1 Å². The monoisotopic (exact) mass is 519 g/mol. The van der Waals surface area contributed by atoms with E-state index in [2.05, 4.69) is 10.6 Å². The summed E-state index contributed by atoms with van der Waals surface area (Å²) in [7, 11) is 0. The van der Waals surface area contributed by atoms with E-state index < -0.39 is 17.9 Å². The highest BCUT2D eigenvalue weighted by Gasteiger charge is 2.28. The fraction of sp³-hybridized carbons (Fsp3) is 0.286. The first-order chi connectivity index (χ1) is 17.7. The summed E-state index contributed by atoms with van der Waals surface area (Å²) in [5.74, 6) is -2.16. The number of benzene rings is 2. The van der Waals surface area contributed by atoms with Crippen LogP contribution < -0.4 is 10.6 Å². The predicted molar refractivity (Wildman–Crippen MR) is 141 cm³/mol. The van der Waals surface area contributed by atoms with Gasteiger partial charge in [0.1, 0.15) is 6.04 Å². The summed E-state index contributed by atoms with van der Waals surface area (Å²) >= 11 is 1.25. The molecule has 8 nitrogen and oxygen atoms in total. The van der Waals surface area contributed by atoms with Crippen LogP contribution in [-0.4, -0.2) is 52.8 Å². The van der Waals surface area contributed by atoms with Gasteiger partial charge in [0.15, 0.2) is 0 Å². The van der Waals surface area contributed by atoms with Crippen LogP contribution in [-0.2, 0) is 17.8 Å². The van der Waals surface area contributed by atoms with Crippen LogP contribution >= 0.6 is 11.3 Å². The molecule has 1 aliphatic heterocycles. The Morgan fingerprint density at radius 3 is 2.51 bits per heavy atom. The number of carboxylic acid groups (broad SMARTS) is 1. The molecule has 1 aliphatic rings. The lowest BCUT2D eigenvalue weighted by molar-refractivity contribution is -0.139. The smallest absolute Gasteiger partial charge is 0.328 e. The van der Waals surface area contributed by atoms with Crippen molar-refractivity contribution in [3.05, 3.63) is 91.7 Å². The zero-order valence-corrected chi connectivity index (χ0v) is 21.8. The van der Waals surface area contributed by atoms with Crippen molar-refractivity contribution in [1.82, 2.24) is 15.5 Å². The molecule has 0 fully saturated rings. The van der Waals surface area contributed by atoms with Gasteiger partial charge in [0.25, 0.3) is 17.7 Å². The van der Waals surface area contributed by atoms with Gasteiger partial charge < -0.3 is 20.6 Å². The third-order valence-corrected chi connectivity index (χ3v) is 7.46. The number of aryl methyl sites for hydroxylation is 2. The Morgan fingerprint density at radius 2 is 1.84 bits per heavy atom. The maximum atomic E-state index is 13.2. The molecule has 3 N–H and O–H groups in total. The van der Waals surface area contributed by atoms with Gasteiger partial charge in [-0.15, -0.1) is 11.3 Å². The fourth-order valence-corrected chi connectivity index (χ4v) is 5.37. The summed E-state index contributed by atoms with van der Waals surface area (Å²) < 4.78 is 0. The summed E-state index contributed by atoms with van der Waals surface area (Å²) in [5.41, 5.74) is 5.56. The summed E-state index contributed by atoms with van der Waals surface area (Å²) in [6.45, 7) is 6.34. The number of fused-ring (bicyclic) bond motifs is 1. The summed E-state index contributed by atoms with van der Waals surface area (Å²) in [6.07, 6.45) is 0.596. The van der Waals surface area contributed by atoms with Crippen LogP contribution in [0.2, 0.25) is 0 Å². The highest BCUT2D eigenvalue weighted by Crippen LogP contribution is 2.28. The third kappa shape index (κ3) is 5.72. The van der Waals surface area contributed by atoms with Gasteiger partial charge in [-0.1, -0.05) is 29.8 Å². The van der Waals surface area contributed by atoms with E-state index in [0.717, 1.165) is 22.3 Å². The third-order valence-electron chi connectivity index (χ3n) is 6.59. The Kier molecular flexibility index (Phi) is 7.73. The normalized spacial score (nSPS) is 13.4. The molecule has 1 unspecified atom stereocenters. The Hall–Kier alpha value is -3.98. The number of aliphatic carboxylic acids is 1. The van der Waals surface area contributed by atoms with E-state index in [1.54, 1.807) is 24.4 Å². The lowest BCUT2D eigenvalue weighted by Gasteiger charge is -2.31. The summed E-state index contributed by atoms with van der Waals surface area (Å²) in [5, 5.41) is 16.5. The molecule has 0 spiro atoms. The molecule has 2 aromatic carbocycles. The predicted octanol–water partition coefficient (Wildman–Crippen LogP) is 3.48. The summed E-state index contributed by atoms with van der Waals surface area (Å²) in [4.78, 5) is 52.5. The minimum Gasteiger partial charge on any atom is -0.480 e. The largest absolute Gasteiger partial charge is 0.480 e. The minimum atomic E-state index is -1.28. The molecule has 3 aromatic rings. The van der Waals surface area contributed by atoms with E-state index in [9.17, 15) is 24.3 Å². The van der Waals surface area contributed by atoms with Gasteiger partial charge in [-0.3, -0.25) is 14.4 Å². The lowest BCUT2D eigenvalue weighted by Crippen LogP contribution is -2.48. The maximum absolute atomic E-state index is 13.2. The molecule has 0 saturated carbocycles. The maximum Gasteiger partial charge on any atom is 0.328 e. The molecular formula is C28H29N3O5S. The van der Waals surface area contributed by atoms with Gasteiger partial charge in [0.2, 0.25) is 0 Å². The average Bonchev–Trinajstić information content (AvgIpc) is 3.40. The Balaban J connectivity index is 1.49. The molecule has 0 bridgehead atoms. The van der Waals surface area contributed by atoms with Crippen molar-refractivity contribution in [2.45, 2.75) is 39.8 Å². The van der Waals surface area contributed by atoms with Crippen molar-refractivity contribution in [3.63, 3.8) is 0 Å². The van der Waals surface area contributed by atoms with Crippen molar-refractivity contribution < 1.29 is 24.3 Å². The Bertz CT molecular complexity index is 1370. The number of carbonyl (C=O) groups excluding carboxylic acids is 3. The second-order valence-corrected chi connectivity index (χ2v) is 10.2. The molecule has 3 amide bonds. The number of carbonyl (C=O) groups is 4.